The molecule has 1 heterocycles. The van der Waals surface area contributed by atoms with Crippen LogP contribution in [0.25, 0.3) is 23.1 Å². The van der Waals surface area contributed by atoms with E-state index in [0.29, 0.717) is 11.2 Å². The van der Waals surface area contributed by atoms with E-state index in [2.05, 4.69) is 58.8 Å². The van der Waals surface area contributed by atoms with Gasteiger partial charge in [-0.2, -0.15) is 0 Å². The third-order valence-electron chi connectivity index (χ3n) is 3.89. The van der Waals surface area contributed by atoms with E-state index in [0.717, 1.165) is 21.1 Å². The highest BCUT2D eigenvalue weighted by atomic mass is 127. The van der Waals surface area contributed by atoms with Gasteiger partial charge in [0.15, 0.2) is 0 Å². The van der Waals surface area contributed by atoms with Gasteiger partial charge in [0, 0.05) is 10.6 Å². The molecule has 0 saturated carbocycles. The molecule has 0 bridgehead atoms. The van der Waals surface area contributed by atoms with E-state index in [1.165, 1.54) is 5.56 Å². The van der Waals surface area contributed by atoms with Crippen molar-refractivity contribution in [1.29, 1.82) is 0 Å². The molecule has 4 heteroatoms. The molecule has 23 heavy (non-hydrogen) atoms. The predicted molar refractivity (Wildman–Crippen MR) is 104 cm³/mol. The Morgan fingerprint density at radius 3 is 2.57 bits per heavy atom. The second kappa shape index (κ2) is 6.66. The number of hydrogen-bond acceptors (Lipinski definition) is 2. The zero-order chi connectivity index (χ0) is 16.4. The molecule has 0 N–H and O–H groups in total. The van der Waals surface area contributed by atoms with E-state index < -0.39 is 0 Å². The molecular formula is C19H17IN2O. The molecule has 3 rings (SSSR count). The monoisotopic (exact) mass is 416 g/mol. The lowest BCUT2D eigenvalue weighted by Gasteiger charge is -2.06. The van der Waals surface area contributed by atoms with Crippen molar-refractivity contribution in [3.8, 4) is 0 Å². The highest BCUT2D eigenvalue weighted by molar-refractivity contribution is 14.1. The van der Waals surface area contributed by atoms with Gasteiger partial charge in [-0.15, -0.1) is 0 Å². The Hall–Kier alpha value is -1.95. The molecule has 0 aliphatic heterocycles. The minimum atomic E-state index is -0.0190. The number of aromatic nitrogens is 2. The predicted octanol–water partition coefficient (Wildman–Crippen LogP) is 4.27. The van der Waals surface area contributed by atoms with Crippen molar-refractivity contribution < 1.29 is 0 Å². The smallest absolute Gasteiger partial charge is 0.261 e. The molecule has 0 spiro atoms. The van der Waals surface area contributed by atoms with Crippen molar-refractivity contribution in [3.05, 3.63) is 73.3 Å². The normalized spacial score (nSPS) is 11.4. The summed E-state index contributed by atoms with van der Waals surface area (Å²) in [6.45, 7) is 2.14. The van der Waals surface area contributed by atoms with E-state index in [-0.39, 0.29) is 5.56 Å². The van der Waals surface area contributed by atoms with Gasteiger partial charge in [-0.3, -0.25) is 9.36 Å². The largest absolute Gasteiger partial charge is 0.296 e. The standard InChI is InChI=1S/C19H17IN2O/c1-3-13-4-6-14(7-5-13)8-11-18-21-17-10-9-15(20)12-16(17)19(23)22(18)2/h4-12H,3H2,1-2H3/b11-8+. The molecular weight excluding hydrogens is 399 g/mol. The van der Waals surface area contributed by atoms with Crippen LogP contribution < -0.4 is 5.56 Å². The summed E-state index contributed by atoms with van der Waals surface area (Å²) in [5.41, 5.74) is 3.12. The summed E-state index contributed by atoms with van der Waals surface area (Å²) in [6, 6.07) is 14.1. The average molecular weight is 416 g/mol. The molecule has 0 aliphatic rings. The fourth-order valence-electron chi connectivity index (χ4n) is 2.44. The average Bonchev–Trinajstić information content (AvgIpc) is 2.58. The molecule has 0 fully saturated rings. The Bertz CT molecular complexity index is 940. The first-order valence-corrected chi connectivity index (χ1v) is 8.59. The maximum Gasteiger partial charge on any atom is 0.261 e. The van der Waals surface area contributed by atoms with Gasteiger partial charge in [0.05, 0.1) is 10.9 Å². The van der Waals surface area contributed by atoms with Crippen LogP contribution in [0.2, 0.25) is 0 Å². The molecule has 1 aromatic heterocycles. The summed E-state index contributed by atoms with van der Waals surface area (Å²) in [4.78, 5) is 17.1. The molecule has 2 aromatic carbocycles. The number of fused-ring (bicyclic) bond motifs is 1. The molecule has 3 aromatic rings. The second-order valence-corrected chi connectivity index (χ2v) is 6.67. The molecule has 0 aliphatic carbocycles. The number of halogens is 1. The third kappa shape index (κ3) is 3.37. The number of aryl methyl sites for hydroxylation is 1. The molecule has 0 amide bonds. The van der Waals surface area contributed by atoms with E-state index in [1.54, 1.807) is 11.6 Å². The van der Waals surface area contributed by atoms with Crippen molar-refractivity contribution in [3.63, 3.8) is 0 Å². The highest BCUT2D eigenvalue weighted by Crippen LogP contribution is 2.14. The van der Waals surface area contributed by atoms with Crippen molar-refractivity contribution >= 4 is 45.6 Å². The Morgan fingerprint density at radius 2 is 1.87 bits per heavy atom. The highest BCUT2D eigenvalue weighted by Gasteiger charge is 2.06. The van der Waals surface area contributed by atoms with Crippen LogP contribution >= 0.6 is 22.6 Å². The lowest BCUT2D eigenvalue weighted by molar-refractivity contribution is 0.828. The third-order valence-corrected chi connectivity index (χ3v) is 4.56. The number of rotatable bonds is 3. The Morgan fingerprint density at radius 1 is 1.13 bits per heavy atom. The Kier molecular flexibility index (Phi) is 4.61. The summed E-state index contributed by atoms with van der Waals surface area (Å²) >= 11 is 2.21. The van der Waals surface area contributed by atoms with Crippen molar-refractivity contribution in [1.82, 2.24) is 9.55 Å². The second-order valence-electron chi connectivity index (χ2n) is 5.42. The van der Waals surface area contributed by atoms with Crippen LogP contribution in [0.1, 0.15) is 23.9 Å². The quantitative estimate of drug-likeness (QED) is 0.598. The topological polar surface area (TPSA) is 34.9 Å². The Labute approximate surface area is 148 Å². The van der Waals surface area contributed by atoms with Crippen LogP contribution in [-0.4, -0.2) is 9.55 Å². The van der Waals surface area contributed by atoms with Gasteiger partial charge in [0.2, 0.25) is 0 Å². The van der Waals surface area contributed by atoms with Crippen LogP contribution in [0.3, 0.4) is 0 Å². The summed E-state index contributed by atoms with van der Waals surface area (Å²) in [6.07, 6.45) is 4.91. The van der Waals surface area contributed by atoms with Gasteiger partial charge in [-0.05, 0) is 64.4 Å². The maximum absolute atomic E-state index is 12.5. The Balaban J connectivity index is 2.02. The molecule has 116 valence electrons. The first-order chi connectivity index (χ1) is 11.1. The molecule has 3 nitrogen and oxygen atoms in total. The van der Waals surface area contributed by atoms with Gasteiger partial charge in [0.1, 0.15) is 5.82 Å². The van der Waals surface area contributed by atoms with Crippen molar-refractivity contribution in [2.75, 3.05) is 0 Å². The zero-order valence-electron chi connectivity index (χ0n) is 13.1. The minimum Gasteiger partial charge on any atom is -0.296 e. The van der Waals surface area contributed by atoms with E-state index in [9.17, 15) is 4.79 Å². The van der Waals surface area contributed by atoms with Crippen LogP contribution in [-0.2, 0) is 13.5 Å². The van der Waals surface area contributed by atoms with E-state index in [4.69, 9.17) is 0 Å². The van der Waals surface area contributed by atoms with Gasteiger partial charge in [-0.1, -0.05) is 37.3 Å². The number of hydrogen-bond donors (Lipinski definition) is 0. The van der Waals surface area contributed by atoms with Gasteiger partial charge >= 0.3 is 0 Å². The molecule has 0 atom stereocenters. The van der Waals surface area contributed by atoms with Crippen LogP contribution in [0.5, 0.6) is 0 Å². The van der Waals surface area contributed by atoms with Gasteiger partial charge in [0.25, 0.3) is 5.56 Å². The first kappa shape index (κ1) is 15.9. The summed E-state index contributed by atoms with van der Waals surface area (Å²) in [5.74, 6) is 0.656. The first-order valence-electron chi connectivity index (χ1n) is 7.52. The van der Waals surface area contributed by atoms with Crippen LogP contribution in [0, 0.1) is 3.57 Å². The van der Waals surface area contributed by atoms with Crippen LogP contribution in [0.15, 0.2) is 47.3 Å². The van der Waals surface area contributed by atoms with Crippen molar-refractivity contribution in [2.24, 2.45) is 7.05 Å². The molecule has 0 unspecified atom stereocenters. The maximum atomic E-state index is 12.5. The fourth-order valence-corrected chi connectivity index (χ4v) is 2.94. The van der Waals surface area contributed by atoms with E-state index >= 15 is 0 Å². The molecule has 0 saturated heterocycles. The summed E-state index contributed by atoms with van der Waals surface area (Å²) < 4.78 is 2.63. The summed E-state index contributed by atoms with van der Waals surface area (Å²) in [5, 5.41) is 0.656. The minimum absolute atomic E-state index is 0.0190. The SMILES string of the molecule is CCc1ccc(/C=C/c2nc3ccc(I)cc3c(=O)n2C)cc1. The lowest BCUT2D eigenvalue weighted by atomic mass is 10.1. The van der Waals surface area contributed by atoms with Gasteiger partial charge < -0.3 is 0 Å². The van der Waals surface area contributed by atoms with E-state index in [1.807, 2.05) is 30.4 Å². The fraction of sp³-hybridized carbons (Fsp3) is 0.158. The van der Waals surface area contributed by atoms with Gasteiger partial charge in [-0.25, -0.2) is 4.98 Å². The number of benzene rings is 2. The van der Waals surface area contributed by atoms with Crippen LogP contribution in [0.4, 0.5) is 0 Å². The van der Waals surface area contributed by atoms with Crippen molar-refractivity contribution in [2.45, 2.75) is 13.3 Å². The lowest BCUT2D eigenvalue weighted by Crippen LogP contribution is -2.20. The number of nitrogens with zero attached hydrogens (tertiary/aromatic N) is 2. The summed E-state index contributed by atoms with van der Waals surface area (Å²) in [7, 11) is 1.76. The zero-order valence-corrected chi connectivity index (χ0v) is 15.2. The molecule has 0 radical (unpaired) electrons.